The Labute approximate surface area is 175 Å². The van der Waals surface area contributed by atoms with Gasteiger partial charge in [-0.1, -0.05) is 27.7 Å². The van der Waals surface area contributed by atoms with Crippen molar-refractivity contribution in [3.05, 3.63) is 0 Å². The van der Waals surface area contributed by atoms with Crippen LogP contribution in [0.5, 0.6) is 0 Å². The quantitative estimate of drug-likeness (QED) is 0.164. The fraction of sp³-hybridized carbons (Fsp3) is 0.722. The number of carbonyl (C=O) groups is 5. The molecule has 0 fully saturated rings. The van der Waals surface area contributed by atoms with Crippen molar-refractivity contribution in [1.82, 2.24) is 16.0 Å². The zero-order valence-corrected chi connectivity index (χ0v) is 17.7. The normalized spacial score (nSPS) is 15.1. The van der Waals surface area contributed by atoms with Crippen molar-refractivity contribution in [2.45, 2.75) is 64.7 Å². The van der Waals surface area contributed by atoms with E-state index in [1.165, 1.54) is 0 Å². The largest absolute Gasteiger partial charge is 0.480 e. The van der Waals surface area contributed by atoms with Gasteiger partial charge < -0.3 is 37.6 Å². The number of primary amides is 1. The molecule has 12 nitrogen and oxygen atoms in total. The number of aliphatic carboxylic acids is 1. The van der Waals surface area contributed by atoms with Crippen molar-refractivity contribution < 1.29 is 34.2 Å². The Morgan fingerprint density at radius 3 is 1.80 bits per heavy atom. The number of carbonyl (C=O) groups excluding carboxylic acids is 4. The Bertz CT molecular complexity index is 638. The van der Waals surface area contributed by atoms with E-state index in [1.54, 1.807) is 13.8 Å². The number of hydrogen-bond acceptors (Lipinski definition) is 7. The van der Waals surface area contributed by atoms with Crippen LogP contribution in [0.1, 0.15) is 40.5 Å². The van der Waals surface area contributed by atoms with E-state index in [9.17, 15) is 29.1 Å². The molecule has 0 unspecified atom stereocenters. The topological polar surface area (TPSA) is 214 Å². The van der Waals surface area contributed by atoms with Gasteiger partial charge in [0.2, 0.25) is 23.6 Å². The molecule has 9 N–H and O–H groups in total. The molecule has 0 aliphatic carbocycles. The summed E-state index contributed by atoms with van der Waals surface area (Å²) in [6.07, 6.45) is -0.248. The van der Waals surface area contributed by atoms with E-state index in [4.69, 9.17) is 16.6 Å². The average Bonchev–Trinajstić information content (AvgIpc) is 2.61. The number of carboxylic acid groups (broad SMARTS) is 1. The second-order valence-electron chi connectivity index (χ2n) is 7.78. The first-order chi connectivity index (χ1) is 13.8. The molecule has 0 aliphatic heterocycles. The van der Waals surface area contributed by atoms with Crippen molar-refractivity contribution in [3.8, 4) is 0 Å². The van der Waals surface area contributed by atoms with E-state index in [2.05, 4.69) is 10.6 Å². The minimum Gasteiger partial charge on any atom is -0.480 e. The molecule has 4 atom stereocenters. The summed E-state index contributed by atoms with van der Waals surface area (Å²) in [4.78, 5) is 59.2. The van der Waals surface area contributed by atoms with Gasteiger partial charge in [0.25, 0.3) is 0 Å². The Kier molecular flexibility index (Phi) is 11.6. The standard InChI is InChI=1S/C18H33N5O7/c1-8(2)5-10(19)15(26)23-14(9(3)4)17(28)22-12(7-24)16(27)21-11(18(29)30)6-13(20)25/h8-12,14,24H,5-7,19H2,1-4H3,(H2,20,25)(H,21,27)(H,22,28)(H,23,26)(H,29,30)/t10-,11-,12-,14-/m0/s1. The highest BCUT2D eigenvalue weighted by Gasteiger charge is 2.31. The van der Waals surface area contributed by atoms with Gasteiger partial charge in [-0.05, 0) is 18.3 Å². The fourth-order valence-electron chi connectivity index (χ4n) is 2.54. The summed E-state index contributed by atoms with van der Waals surface area (Å²) in [6.45, 7) is 6.28. The number of aliphatic hydroxyl groups is 1. The van der Waals surface area contributed by atoms with Gasteiger partial charge in [-0.3, -0.25) is 19.2 Å². The minimum atomic E-state index is -1.62. The molecule has 0 radical (unpaired) electrons. The van der Waals surface area contributed by atoms with Crippen LogP contribution in [-0.4, -0.2) is 70.6 Å². The Morgan fingerprint density at radius 2 is 1.40 bits per heavy atom. The van der Waals surface area contributed by atoms with E-state index in [0.717, 1.165) is 0 Å². The lowest BCUT2D eigenvalue weighted by atomic mass is 10.00. The molecule has 0 aromatic carbocycles. The Hall–Kier alpha value is -2.73. The van der Waals surface area contributed by atoms with Crippen LogP contribution in [0, 0.1) is 11.8 Å². The summed E-state index contributed by atoms with van der Waals surface area (Å²) >= 11 is 0. The Morgan fingerprint density at radius 1 is 0.867 bits per heavy atom. The number of nitrogens with two attached hydrogens (primary N) is 2. The molecule has 0 aliphatic rings. The molecule has 0 heterocycles. The third kappa shape index (κ3) is 9.65. The molecule has 0 spiro atoms. The average molecular weight is 431 g/mol. The maximum absolute atomic E-state index is 12.6. The summed E-state index contributed by atoms with van der Waals surface area (Å²) in [5, 5.41) is 25.3. The monoisotopic (exact) mass is 431 g/mol. The SMILES string of the molecule is CC(C)C[C@H](N)C(=O)N[C@H](C(=O)N[C@@H](CO)C(=O)N[C@@H](CC(N)=O)C(=O)O)C(C)C. The third-order valence-electron chi connectivity index (χ3n) is 4.14. The molecular formula is C18H33N5O7. The number of nitrogens with one attached hydrogen (secondary N) is 3. The predicted molar refractivity (Wildman–Crippen MR) is 107 cm³/mol. The summed E-state index contributed by atoms with van der Waals surface area (Å²) in [5.74, 6) is -4.97. The van der Waals surface area contributed by atoms with E-state index in [-0.39, 0.29) is 11.8 Å². The highest BCUT2D eigenvalue weighted by atomic mass is 16.4. The van der Waals surface area contributed by atoms with Gasteiger partial charge in [-0.2, -0.15) is 0 Å². The van der Waals surface area contributed by atoms with Gasteiger partial charge >= 0.3 is 5.97 Å². The lowest BCUT2D eigenvalue weighted by Crippen LogP contribution is -2.59. The maximum atomic E-state index is 12.6. The van der Waals surface area contributed by atoms with Crippen molar-refractivity contribution in [3.63, 3.8) is 0 Å². The highest BCUT2D eigenvalue weighted by molar-refractivity contribution is 5.95. The first-order valence-corrected chi connectivity index (χ1v) is 9.58. The smallest absolute Gasteiger partial charge is 0.326 e. The van der Waals surface area contributed by atoms with E-state index in [0.29, 0.717) is 6.42 Å². The molecule has 0 aromatic heterocycles. The maximum Gasteiger partial charge on any atom is 0.326 e. The van der Waals surface area contributed by atoms with Crippen molar-refractivity contribution >= 4 is 29.6 Å². The lowest BCUT2D eigenvalue weighted by molar-refractivity contribution is -0.144. The fourth-order valence-corrected chi connectivity index (χ4v) is 2.54. The zero-order chi connectivity index (χ0) is 23.6. The molecule has 172 valence electrons. The molecule has 30 heavy (non-hydrogen) atoms. The lowest BCUT2D eigenvalue weighted by Gasteiger charge is -2.26. The molecule has 0 aromatic rings. The second-order valence-corrected chi connectivity index (χ2v) is 7.78. The van der Waals surface area contributed by atoms with E-state index >= 15 is 0 Å². The zero-order valence-electron chi connectivity index (χ0n) is 17.7. The number of amides is 4. The van der Waals surface area contributed by atoms with Crippen LogP contribution in [0.3, 0.4) is 0 Å². The van der Waals surface area contributed by atoms with Crippen molar-refractivity contribution in [2.75, 3.05) is 6.61 Å². The van der Waals surface area contributed by atoms with Crippen LogP contribution in [0.4, 0.5) is 0 Å². The van der Waals surface area contributed by atoms with Crippen LogP contribution in [0.25, 0.3) is 0 Å². The summed E-state index contributed by atoms with van der Waals surface area (Å²) in [6, 6.07) is -4.98. The molecule has 0 saturated heterocycles. The summed E-state index contributed by atoms with van der Waals surface area (Å²) in [5.41, 5.74) is 10.8. The van der Waals surface area contributed by atoms with Crippen LogP contribution >= 0.6 is 0 Å². The minimum absolute atomic E-state index is 0.169. The van der Waals surface area contributed by atoms with Crippen LogP contribution in [0.2, 0.25) is 0 Å². The van der Waals surface area contributed by atoms with Crippen LogP contribution in [0.15, 0.2) is 0 Å². The number of hydrogen-bond donors (Lipinski definition) is 7. The first kappa shape index (κ1) is 27.3. The van der Waals surface area contributed by atoms with Gasteiger partial charge in [-0.25, -0.2) is 4.79 Å². The van der Waals surface area contributed by atoms with Gasteiger partial charge in [0.1, 0.15) is 18.1 Å². The van der Waals surface area contributed by atoms with Crippen molar-refractivity contribution in [1.29, 1.82) is 0 Å². The van der Waals surface area contributed by atoms with E-state index < -0.39 is 66.8 Å². The van der Waals surface area contributed by atoms with Crippen LogP contribution in [-0.2, 0) is 24.0 Å². The molecule has 12 heteroatoms. The highest BCUT2D eigenvalue weighted by Crippen LogP contribution is 2.07. The molecular weight excluding hydrogens is 398 g/mol. The van der Waals surface area contributed by atoms with E-state index in [1.807, 2.05) is 19.2 Å². The summed E-state index contributed by atoms with van der Waals surface area (Å²) < 4.78 is 0. The molecule has 0 saturated carbocycles. The van der Waals surface area contributed by atoms with Gasteiger partial charge in [-0.15, -0.1) is 0 Å². The first-order valence-electron chi connectivity index (χ1n) is 9.58. The Balaban J connectivity index is 5.17. The number of rotatable bonds is 13. The number of aliphatic hydroxyl groups excluding tert-OH is 1. The van der Waals surface area contributed by atoms with Gasteiger partial charge in [0.05, 0.1) is 19.1 Å². The van der Waals surface area contributed by atoms with Gasteiger partial charge in [0.15, 0.2) is 0 Å². The third-order valence-corrected chi connectivity index (χ3v) is 4.14. The number of carboxylic acids is 1. The predicted octanol–water partition coefficient (Wildman–Crippen LogP) is -2.58. The molecule has 0 bridgehead atoms. The molecule has 4 amide bonds. The van der Waals surface area contributed by atoms with Crippen molar-refractivity contribution in [2.24, 2.45) is 23.3 Å². The van der Waals surface area contributed by atoms with Crippen LogP contribution < -0.4 is 27.4 Å². The molecule has 0 rings (SSSR count). The second kappa shape index (κ2) is 12.8. The summed E-state index contributed by atoms with van der Waals surface area (Å²) in [7, 11) is 0. The van der Waals surface area contributed by atoms with Gasteiger partial charge in [0, 0.05) is 0 Å².